The second-order valence-corrected chi connectivity index (χ2v) is 9.24. The summed E-state index contributed by atoms with van der Waals surface area (Å²) in [6, 6.07) is 5.09. The van der Waals surface area contributed by atoms with Crippen LogP contribution in [0, 0.1) is 12.7 Å². The van der Waals surface area contributed by atoms with Crippen LogP contribution in [0.1, 0.15) is 22.3 Å². The number of carbonyl (C=O) groups excluding carboxylic acids is 1. The fourth-order valence-electron chi connectivity index (χ4n) is 4.64. The number of pyridine rings is 2. The summed E-state index contributed by atoms with van der Waals surface area (Å²) in [6.07, 6.45) is 3.96. The van der Waals surface area contributed by atoms with Crippen LogP contribution < -0.4 is 10.7 Å². The largest absolute Gasteiger partial charge is 0.383 e. The van der Waals surface area contributed by atoms with E-state index >= 15 is 4.39 Å². The molecular formula is C24H21FN8OS. The normalized spacial score (nSPS) is 13.9. The predicted octanol–water partition coefficient (Wildman–Crippen LogP) is 3.94. The topological polar surface area (TPSA) is 106 Å². The van der Waals surface area contributed by atoms with Gasteiger partial charge in [-0.3, -0.25) is 14.5 Å². The zero-order valence-electron chi connectivity index (χ0n) is 19.1. The maximum absolute atomic E-state index is 15.1. The number of carbonyl (C=O) groups is 1. The lowest BCUT2D eigenvalue weighted by atomic mass is 10.0. The van der Waals surface area contributed by atoms with Crippen molar-refractivity contribution in [3.8, 4) is 11.3 Å². The van der Waals surface area contributed by atoms with Gasteiger partial charge in [-0.15, -0.1) is 11.3 Å². The van der Waals surface area contributed by atoms with Crippen molar-refractivity contribution in [1.82, 2.24) is 29.7 Å². The zero-order chi connectivity index (χ0) is 24.3. The quantitative estimate of drug-likeness (QED) is 0.410. The predicted molar refractivity (Wildman–Crippen MR) is 133 cm³/mol. The van der Waals surface area contributed by atoms with Gasteiger partial charge in [0.1, 0.15) is 5.82 Å². The number of hydrogen-bond donors (Lipinski definition) is 1. The number of aromatic nitrogens is 5. The highest BCUT2D eigenvalue weighted by Crippen LogP contribution is 2.32. The standard InChI is InChI=1S/C24H21FN8OS/c1-13-6-19-16(21-17(22(26)30-19)10-29-31(21)2)8-15(13)24(34)33-5-3-4-32(33)23-18(25)7-14(9-27-23)20-11-35-12-28-20/h6-12H,3-5H2,1-2H3,(H2,26,30). The molecule has 0 bridgehead atoms. The molecule has 1 aliphatic heterocycles. The van der Waals surface area contributed by atoms with E-state index in [4.69, 9.17) is 5.73 Å². The lowest BCUT2D eigenvalue weighted by Crippen LogP contribution is -2.42. The molecule has 4 aromatic heterocycles. The third kappa shape index (κ3) is 3.38. The van der Waals surface area contributed by atoms with E-state index in [1.165, 1.54) is 17.4 Å². The monoisotopic (exact) mass is 488 g/mol. The SMILES string of the molecule is Cc1cc2nc(N)c3cnn(C)c3c2cc1C(=O)N1CCCN1c1ncc(-c2cscn2)cc1F. The molecule has 5 aromatic rings. The number of nitrogen functional groups attached to an aromatic ring is 1. The molecule has 1 aromatic carbocycles. The summed E-state index contributed by atoms with van der Waals surface area (Å²) in [7, 11) is 1.83. The van der Waals surface area contributed by atoms with E-state index in [0.29, 0.717) is 47.7 Å². The first-order chi connectivity index (χ1) is 16.9. The average molecular weight is 489 g/mol. The Morgan fingerprint density at radius 1 is 1.14 bits per heavy atom. The highest BCUT2D eigenvalue weighted by molar-refractivity contribution is 7.07. The van der Waals surface area contributed by atoms with Gasteiger partial charge in [-0.05, 0) is 37.1 Å². The molecule has 0 unspecified atom stereocenters. The molecule has 1 aliphatic rings. The maximum Gasteiger partial charge on any atom is 0.272 e. The van der Waals surface area contributed by atoms with Gasteiger partial charge in [-0.25, -0.2) is 24.4 Å². The second kappa shape index (κ2) is 7.98. The maximum atomic E-state index is 15.1. The molecule has 1 saturated heterocycles. The molecule has 5 heterocycles. The molecular weight excluding hydrogens is 467 g/mol. The number of halogens is 1. The Labute approximate surface area is 203 Å². The molecule has 1 fully saturated rings. The summed E-state index contributed by atoms with van der Waals surface area (Å²) in [6.45, 7) is 2.81. The summed E-state index contributed by atoms with van der Waals surface area (Å²) >= 11 is 1.44. The van der Waals surface area contributed by atoms with Crippen LogP contribution in [0.2, 0.25) is 0 Å². The van der Waals surface area contributed by atoms with Crippen LogP contribution in [0.15, 0.2) is 41.5 Å². The Morgan fingerprint density at radius 2 is 2.00 bits per heavy atom. The molecule has 0 saturated carbocycles. The van der Waals surface area contributed by atoms with Crippen molar-refractivity contribution < 1.29 is 9.18 Å². The molecule has 11 heteroatoms. The van der Waals surface area contributed by atoms with Crippen LogP contribution in [0.25, 0.3) is 33.1 Å². The molecule has 0 aliphatic carbocycles. The Balaban J connectivity index is 1.40. The minimum Gasteiger partial charge on any atom is -0.383 e. The molecule has 2 N–H and O–H groups in total. The Morgan fingerprint density at radius 3 is 2.77 bits per heavy atom. The lowest BCUT2D eigenvalue weighted by Gasteiger charge is -2.29. The number of hydrogen-bond acceptors (Lipinski definition) is 8. The first-order valence-electron chi connectivity index (χ1n) is 11.1. The van der Waals surface area contributed by atoms with Gasteiger partial charge in [0.2, 0.25) is 0 Å². The molecule has 0 spiro atoms. The second-order valence-electron chi connectivity index (χ2n) is 8.52. The first-order valence-corrected chi connectivity index (χ1v) is 12.0. The summed E-state index contributed by atoms with van der Waals surface area (Å²) in [5.74, 6) is -0.204. The molecule has 176 valence electrons. The minimum atomic E-state index is -0.498. The van der Waals surface area contributed by atoms with Crippen molar-refractivity contribution in [1.29, 1.82) is 0 Å². The van der Waals surface area contributed by atoms with E-state index in [1.54, 1.807) is 32.6 Å². The van der Waals surface area contributed by atoms with Crippen molar-refractivity contribution in [3.63, 3.8) is 0 Å². The zero-order valence-corrected chi connectivity index (χ0v) is 19.9. The average Bonchev–Trinajstić information content (AvgIpc) is 3.60. The van der Waals surface area contributed by atoms with E-state index in [0.717, 1.165) is 21.9 Å². The van der Waals surface area contributed by atoms with Gasteiger partial charge in [-0.1, -0.05) is 0 Å². The first kappa shape index (κ1) is 21.4. The number of rotatable bonds is 3. The summed E-state index contributed by atoms with van der Waals surface area (Å²) < 4.78 is 16.9. The highest BCUT2D eigenvalue weighted by atomic mass is 32.1. The summed E-state index contributed by atoms with van der Waals surface area (Å²) in [4.78, 5) is 26.8. The van der Waals surface area contributed by atoms with Crippen LogP contribution in [0.4, 0.5) is 16.0 Å². The van der Waals surface area contributed by atoms with Gasteiger partial charge in [-0.2, -0.15) is 5.10 Å². The van der Waals surface area contributed by atoms with E-state index < -0.39 is 5.82 Å². The smallest absolute Gasteiger partial charge is 0.272 e. The van der Waals surface area contributed by atoms with Crippen molar-refractivity contribution in [2.45, 2.75) is 13.3 Å². The lowest BCUT2D eigenvalue weighted by molar-refractivity contribution is 0.0773. The third-order valence-electron chi connectivity index (χ3n) is 6.34. The van der Waals surface area contributed by atoms with Gasteiger partial charge in [0.25, 0.3) is 5.91 Å². The van der Waals surface area contributed by atoms with Gasteiger partial charge in [0.15, 0.2) is 11.6 Å². The Hall–Kier alpha value is -4.12. The number of anilines is 2. The van der Waals surface area contributed by atoms with E-state index in [1.807, 2.05) is 31.5 Å². The van der Waals surface area contributed by atoms with Gasteiger partial charge in [0, 0.05) is 48.2 Å². The number of benzene rings is 1. The number of hydrazine groups is 1. The summed E-state index contributed by atoms with van der Waals surface area (Å²) in [5.41, 5.74) is 11.9. The molecule has 0 atom stereocenters. The summed E-state index contributed by atoms with van der Waals surface area (Å²) in [5, 5.41) is 10.8. The fourth-order valence-corrected chi connectivity index (χ4v) is 5.20. The molecule has 1 amide bonds. The van der Waals surface area contributed by atoms with E-state index in [9.17, 15) is 4.79 Å². The fraction of sp³-hybridized carbons (Fsp3) is 0.208. The highest BCUT2D eigenvalue weighted by Gasteiger charge is 2.32. The van der Waals surface area contributed by atoms with Gasteiger partial charge >= 0.3 is 0 Å². The Bertz CT molecular complexity index is 1610. The van der Waals surface area contributed by atoms with Crippen LogP contribution in [-0.4, -0.2) is 48.7 Å². The van der Waals surface area contributed by atoms with Crippen molar-refractivity contribution in [2.75, 3.05) is 23.8 Å². The number of thiazole rings is 1. The number of fused-ring (bicyclic) bond motifs is 3. The number of nitrogens with two attached hydrogens (primary N) is 1. The Kier molecular flexibility index (Phi) is 4.88. The minimum absolute atomic E-state index is 0.122. The van der Waals surface area contributed by atoms with Crippen LogP contribution >= 0.6 is 11.3 Å². The van der Waals surface area contributed by atoms with Crippen molar-refractivity contribution in [2.24, 2.45) is 7.05 Å². The van der Waals surface area contributed by atoms with Crippen LogP contribution in [-0.2, 0) is 7.05 Å². The van der Waals surface area contributed by atoms with Crippen LogP contribution in [0.5, 0.6) is 0 Å². The van der Waals surface area contributed by atoms with Crippen molar-refractivity contribution in [3.05, 3.63) is 58.4 Å². The van der Waals surface area contributed by atoms with Gasteiger partial charge < -0.3 is 5.73 Å². The number of amides is 1. The molecule has 0 radical (unpaired) electrons. The molecule has 35 heavy (non-hydrogen) atoms. The van der Waals surface area contributed by atoms with E-state index in [2.05, 4.69) is 20.1 Å². The van der Waals surface area contributed by atoms with E-state index in [-0.39, 0.29) is 11.7 Å². The number of nitrogens with zero attached hydrogens (tertiary/aromatic N) is 7. The molecule has 6 rings (SSSR count). The molecule has 9 nitrogen and oxygen atoms in total. The van der Waals surface area contributed by atoms with Crippen LogP contribution in [0.3, 0.4) is 0 Å². The van der Waals surface area contributed by atoms with Gasteiger partial charge in [0.05, 0.1) is 33.8 Å². The number of aryl methyl sites for hydroxylation is 2. The van der Waals surface area contributed by atoms with Crippen molar-refractivity contribution >= 4 is 50.7 Å². The third-order valence-corrected chi connectivity index (χ3v) is 6.93.